The summed E-state index contributed by atoms with van der Waals surface area (Å²) in [6.45, 7) is 0.806. The number of hydrogen-bond acceptors (Lipinski definition) is 6. The van der Waals surface area contributed by atoms with Crippen molar-refractivity contribution in [2.24, 2.45) is 0 Å². The highest BCUT2D eigenvalue weighted by atomic mass is 19.4. The van der Waals surface area contributed by atoms with Gasteiger partial charge in [0.15, 0.2) is 11.5 Å². The van der Waals surface area contributed by atoms with E-state index in [0.29, 0.717) is 38.3 Å². The molecular formula is C24H26F3NO6. The number of rotatable bonds is 7. The predicted octanol–water partition coefficient (Wildman–Crippen LogP) is 3.77. The van der Waals surface area contributed by atoms with Crippen molar-refractivity contribution in [3.05, 3.63) is 59.7 Å². The van der Waals surface area contributed by atoms with Gasteiger partial charge >= 0.3 is 6.36 Å². The number of hydrogen-bond donors (Lipinski definition) is 0. The standard InChI is InChI=1S/C24H26F3NO6/c1-30-20-15-17(7-8-19(20)31-11-14-34-24(25,26)27)22(29)28-10-9-23(18-5-3-2-4-6-18)21(16-28)32-12-13-33-23/h2-8,15,21H,9-14,16H2,1H3. The summed E-state index contributed by atoms with van der Waals surface area (Å²) in [6, 6.07) is 14.5. The van der Waals surface area contributed by atoms with E-state index in [0.717, 1.165) is 5.56 Å². The maximum Gasteiger partial charge on any atom is 0.522 e. The molecule has 0 aromatic heterocycles. The molecule has 10 heteroatoms. The Hall–Kier alpha value is -2.82. The summed E-state index contributed by atoms with van der Waals surface area (Å²) in [5.41, 5.74) is 0.814. The van der Waals surface area contributed by atoms with Crippen LogP contribution < -0.4 is 9.47 Å². The van der Waals surface area contributed by atoms with Crippen LogP contribution in [0.15, 0.2) is 48.5 Å². The van der Waals surface area contributed by atoms with Crippen LogP contribution in [0.4, 0.5) is 13.2 Å². The van der Waals surface area contributed by atoms with Crippen molar-refractivity contribution >= 4 is 5.91 Å². The number of carbonyl (C=O) groups excluding carboxylic acids is 1. The number of piperidine rings is 1. The van der Waals surface area contributed by atoms with Crippen molar-refractivity contribution in [3.63, 3.8) is 0 Å². The molecule has 0 bridgehead atoms. The third-order valence-electron chi connectivity index (χ3n) is 5.99. The number of methoxy groups -OCH3 is 1. The highest BCUT2D eigenvalue weighted by Crippen LogP contribution is 2.41. The first kappa shape index (κ1) is 24.3. The van der Waals surface area contributed by atoms with Crippen molar-refractivity contribution in [1.82, 2.24) is 4.90 Å². The summed E-state index contributed by atoms with van der Waals surface area (Å²) in [4.78, 5) is 15.0. The highest BCUT2D eigenvalue weighted by molar-refractivity contribution is 5.95. The van der Waals surface area contributed by atoms with E-state index in [1.54, 1.807) is 11.0 Å². The van der Waals surface area contributed by atoms with Gasteiger partial charge in [-0.2, -0.15) is 0 Å². The SMILES string of the molecule is COc1cc(C(=O)N2CCC3(c4ccccc4)OCCOC3C2)ccc1OCCOC(F)(F)F. The van der Waals surface area contributed by atoms with Crippen LogP contribution in [-0.4, -0.2) is 69.9 Å². The van der Waals surface area contributed by atoms with Gasteiger partial charge in [0, 0.05) is 18.5 Å². The van der Waals surface area contributed by atoms with Gasteiger partial charge in [-0.25, -0.2) is 0 Å². The van der Waals surface area contributed by atoms with Crippen LogP contribution in [0, 0.1) is 0 Å². The Bertz CT molecular complexity index is 986. The molecular weight excluding hydrogens is 455 g/mol. The Balaban J connectivity index is 1.44. The summed E-state index contributed by atoms with van der Waals surface area (Å²) >= 11 is 0. The number of alkyl halides is 3. The van der Waals surface area contributed by atoms with Crippen molar-refractivity contribution in [1.29, 1.82) is 0 Å². The minimum Gasteiger partial charge on any atom is -0.493 e. The molecule has 2 unspecified atom stereocenters. The van der Waals surface area contributed by atoms with Crippen LogP contribution in [-0.2, 0) is 19.8 Å². The molecule has 0 saturated carbocycles. The average Bonchev–Trinajstić information content (AvgIpc) is 2.85. The fourth-order valence-corrected chi connectivity index (χ4v) is 4.40. The second kappa shape index (κ2) is 10.2. The quantitative estimate of drug-likeness (QED) is 0.561. The van der Waals surface area contributed by atoms with E-state index in [4.69, 9.17) is 18.9 Å². The van der Waals surface area contributed by atoms with Crippen LogP contribution >= 0.6 is 0 Å². The van der Waals surface area contributed by atoms with Crippen molar-refractivity contribution in [3.8, 4) is 11.5 Å². The van der Waals surface area contributed by atoms with Crippen LogP contribution in [0.5, 0.6) is 11.5 Å². The smallest absolute Gasteiger partial charge is 0.493 e. The first-order valence-corrected chi connectivity index (χ1v) is 10.9. The van der Waals surface area contributed by atoms with E-state index in [1.807, 2.05) is 30.3 Å². The van der Waals surface area contributed by atoms with Crippen LogP contribution in [0.3, 0.4) is 0 Å². The number of ether oxygens (including phenoxy) is 5. The Morgan fingerprint density at radius 3 is 2.65 bits per heavy atom. The van der Waals surface area contributed by atoms with Crippen molar-refractivity contribution in [2.45, 2.75) is 24.5 Å². The van der Waals surface area contributed by atoms with Gasteiger partial charge in [0.25, 0.3) is 5.91 Å². The molecule has 2 aromatic carbocycles. The molecule has 7 nitrogen and oxygen atoms in total. The minimum absolute atomic E-state index is 0.207. The zero-order valence-electron chi connectivity index (χ0n) is 18.7. The Kier molecular flexibility index (Phi) is 7.30. The summed E-state index contributed by atoms with van der Waals surface area (Å²) in [6.07, 6.45) is -4.44. The largest absolute Gasteiger partial charge is 0.522 e. The summed E-state index contributed by atoms with van der Waals surface area (Å²) in [5, 5.41) is 0. The topological polar surface area (TPSA) is 66.5 Å². The fourth-order valence-electron chi connectivity index (χ4n) is 4.40. The lowest BCUT2D eigenvalue weighted by Crippen LogP contribution is -2.59. The average molecular weight is 481 g/mol. The molecule has 0 radical (unpaired) electrons. The zero-order valence-corrected chi connectivity index (χ0v) is 18.7. The maximum atomic E-state index is 13.3. The van der Waals surface area contributed by atoms with Crippen LogP contribution in [0.25, 0.3) is 0 Å². The molecule has 1 amide bonds. The molecule has 2 atom stereocenters. The van der Waals surface area contributed by atoms with Crippen molar-refractivity contribution in [2.75, 3.05) is 46.6 Å². The highest BCUT2D eigenvalue weighted by Gasteiger charge is 2.49. The molecule has 2 heterocycles. The number of fused-ring (bicyclic) bond motifs is 1. The lowest BCUT2D eigenvalue weighted by molar-refractivity contribution is -0.325. The third kappa shape index (κ3) is 5.29. The van der Waals surface area contributed by atoms with Gasteiger partial charge in [0.05, 0.1) is 33.5 Å². The molecule has 0 aliphatic carbocycles. The van der Waals surface area contributed by atoms with Gasteiger partial charge < -0.3 is 23.8 Å². The third-order valence-corrected chi connectivity index (χ3v) is 5.99. The van der Waals surface area contributed by atoms with E-state index in [1.165, 1.54) is 19.2 Å². The summed E-state index contributed by atoms with van der Waals surface area (Å²) in [7, 11) is 1.39. The number of benzene rings is 2. The Labute approximate surface area is 195 Å². The summed E-state index contributed by atoms with van der Waals surface area (Å²) in [5.74, 6) is 0.252. The van der Waals surface area contributed by atoms with Crippen LogP contribution in [0.1, 0.15) is 22.3 Å². The molecule has 0 spiro atoms. The van der Waals surface area contributed by atoms with Gasteiger partial charge in [-0.3, -0.25) is 9.53 Å². The number of nitrogens with zero attached hydrogens (tertiary/aromatic N) is 1. The number of carbonyl (C=O) groups is 1. The number of amides is 1. The molecule has 34 heavy (non-hydrogen) atoms. The van der Waals surface area contributed by atoms with Crippen LogP contribution in [0.2, 0.25) is 0 Å². The minimum atomic E-state index is -4.72. The molecule has 2 aliphatic rings. The van der Waals surface area contributed by atoms with Gasteiger partial charge in [-0.1, -0.05) is 30.3 Å². The monoisotopic (exact) mass is 481 g/mol. The summed E-state index contributed by atoms with van der Waals surface area (Å²) < 4.78 is 62.9. The molecule has 184 valence electrons. The normalized spacial score (nSPS) is 22.7. The Morgan fingerprint density at radius 2 is 1.91 bits per heavy atom. The number of likely N-dealkylation sites (tertiary alicyclic amines) is 1. The van der Waals surface area contributed by atoms with Gasteiger partial charge in [-0.15, -0.1) is 13.2 Å². The molecule has 2 saturated heterocycles. The number of halogens is 3. The second-order valence-electron chi connectivity index (χ2n) is 7.97. The maximum absolute atomic E-state index is 13.3. The molecule has 2 fully saturated rings. The lowest BCUT2D eigenvalue weighted by Gasteiger charge is -2.49. The first-order valence-electron chi connectivity index (χ1n) is 10.9. The molecule has 4 rings (SSSR count). The molecule has 2 aliphatic heterocycles. The van der Waals surface area contributed by atoms with E-state index >= 15 is 0 Å². The predicted molar refractivity (Wildman–Crippen MR) is 115 cm³/mol. The van der Waals surface area contributed by atoms with E-state index in [-0.39, 0.29) is 30.1 Å². The van der Waals surface area contributed by atoms with Crippen molar-refractivity contribution < 1.29 is 41.7 Å². The fraction of sp³-hybridized carbons (Fsp3) is 0.458. The zero-order chi connectivity index (χ0) is 24.2. The lowest BCUT2D eigenvalue weighted by atomic mass is 9.81. The van der Waals surface area contributed by atoms with E-state index in [2.05, 4.69) is 4.74 Å². The molecule has 2 aromatic rings. The van der Waals surface area contributed by atoms with E-state index < -0.39 is 18.6 Å². The Morgan fingerprint density at radius 1 is 1.12 bits per heavy atom. The van der Waals surface area contributed by atoms with E-state index in [9.17, 15) is 18.0 Å². The second-order valence-corrected chi connectivity index (χ2v) is 7.97. The molecule has 0 N–H and O–H groups in total. The van der Waals surface area contributed by atoms with Gasteiger partial charge in [-0.05, 0) is 23.8 Å². The van der Waals surface area contributed by atoms with Gasteiger partial charge in [0.2, 0.25) is 0 Å². The first-order chi connectivity index (χ1) is 16.3. The van der Waals surface area contributed by atoms with Gasteiger partial charge in [0.1, 0.15) is 18.3 Å².